The van der Waals surface area contributed by atoms with E-state index in [4.69, 9.17) is 5.73 Å². The molecule has 4 nitrogen and oxygen atoms in total. The summed E-state index contributed by atoms with van der Waals surface area (Å²) < 4.78 is 27.5. The summed E-state index contributed by atoms with van der Waals surface area (Å²) >= 11 is 3.30. The summed E-state index contributed by atoms with van der Waals surface area (Å²) in [6, 6.07) is 4.90. The minimum atomic E-state index is -3.45. The van der Waals surface area contributed by atoms with Gasteiger partial charge in [-0.3, -0.25) is 0 Å². The third-order valence-corrected chi connectivity index (χ3v) is 6.49. The van der Waals surface area contributed by atoms with Gasteiger partial charge in [-0.05, 0) is 52.9 Å². The maximum Gasteiger partial charge on any atom is 0.244 e. The third-order valence-electron chi connectivity index (χ3n) is 3.63. The smallest absolute Gasteiger partial charge is 0.244 e. The van der Waals surface area contributed by atoms with E-state index < -0.39 is 10.0 Å². The Labute approximate surface area is 123 Å². The summed E-state index contributed by atoms with van der Waals surface area (Å²) in [5.74, 6) is 0.461. The summed E-state index contributed by atoms with van der Waals surface area (Å²) in [6.07, 6.45) is 3.06. The number of benzene rings is 1. The van der Waals surface area contributed by atoms with Gasteiger partial charge in [0.2, 0.25) is 10.0 Å². The van der Waals surface area contributed by atoms with Crippen molar-refractivity contribution in [3.05, 3.63) is 22.7 Å². The number of nitrogens with two attached hydrogens (primary N) is 1. The predicted molar refractivity (Wildman–Crippen MR) is 80.3 cm³/mol. The summed E-state index contributed by atoms with van der Waals surface area (Å²) in [7, 11) is -3.45. The third kappa shape index (κ3) is 3.12. The van der Waals surface area contributed by atoms with E-state index in [1.54, 1.807) is 16.4 Å². The van der Waals surface area contributed by atoms with E-state index in [-0.39, 0.29) is 4.90 Å². The summed E-state index contributed by atoms with van der Waals surface area (Å²) in [5.41, 5.74) is 6.17. The predicted octanol–water partition coefficient (Wildman–Crippen LogP) is 2.84. The number of piperidine rings is 1. The Morgan fingerprint density at radius 1 is 1.47 bits per heavy atom. The quantitative estimate of drug-likeness (QED) is 0.856. The van der Waals surface area contributed by atoms with Crippen molar-refractivity contribution < 1.29 is 8.42 Å². The Morgan fingerprint density at radius 2 is 2.21 bits per heavy atom. The second kappa shape index (κ2) is 5.81. The molecule has 6 heteroatoms. The Hall–Kier alpha value is -0.590. The average molecular weight is 347 g/mol. The van der Waals surface area contributed by atoms with Gasteiger partial charge in [0.15, 0.2) is 0 Å². The minimum absolute atomic E-state index is 0.268. The molecule has 1 unspecified atom stereocenters. The molecule has 106 valence electrons. The summed E-state index contributed by atoms with van der Waals surface area (Å²) in [5, 5.41) is 0. The molecule has 1 aromatic rings. The molecule has 0 aromatic heterocycles. The topological polar surface area (TPSA) is 63.4 Å². The lowest BCUT2D eigenvalue weighted by molar-refractivity contribution is 0.261. The second-order valence-electron chi connectivity index (χ2n) is 4.97. The molecule has 2 N–H and O–H groups in total. The molecule has 1 atom stereocenters. The van der Waals surface area contributed by atoms with Crippen LogP contribution < -0.4 is 5.73 Å². The molecule has 19 heavy (non-hydrogen) atoms. The fourth-order valence-electron chi connectivity index (χ4n) is 2.44. The molecule has 1 saturated heterocycles. The lowest BCUT2D eigenvalue weighted by Crippen LogP contribution is -2.39. The standard InChI is InChI=1S/C13H19BrN2O2S/c1-2-10-4-3-7-16(9-10)19(17,18)13-8-11(15)5-6-12(13)14/h5-6,8,10H,2-4,7,9,15H2,1H3. The van der Waals surface area contributed by atoms with Gasteiger partial charge in [0.25, 0.3) is 0 Å². The normalized spacial score (nSPS) is 21.5. The largest absolute Gasteiger partial charge is 0.399 e. The first kappa shape index (κ1) is 14.8. The van der Waals surface area contributed by atoms with Crippen LogP contribution in [-0.2, 0) is 10.0 Å². The zero-order chi connectivity index (χ0) is 14.0. The molecule has 0 spiro atoms. The fraction of sp³-hybridized carbons (Fsp3) is 0.538. The summed E-state index contributed by atoms with van der Waals surface area (Å²) in [4.78, 5) is 0.268. The average Bonchev–Trinajstić information content (AvgIpc) is 2.41. The van der Waals surface area contributed by atoms with Crippen molar-refractivity contribution in [2.45, 2.75) is 31.1 Å². The highest BCUT2D eigenvalue weighted by atomic mass is 79.9. The van der Waals surface area contributed by atoms with E-state index in [2.05, 4.69) is 22.9 Å². The zero-order valence-corrected chi connectivity index (χ0v) is 13.4. The van der Waals surface area contributed by atoms with Gasteiger partial charge in [0.05, 0.1) is 4.90 Å². The van der Waals surface area contributed by atoms with Crippen LogP contribution >= 0.6 is 15.9 Å². The first-order chi connectivity index (χ1) is 8.95. The molecule has 0 radical (unpaired) electrons. The SMILES string of the molecule is CCC1CCCN(S(=O)(=O)c2cc(N)ccc2Br)C1. The van der Waals surface area contributed by atoms with E-state index in [0.29, 0.717) is 29.2 Å². The number of sulfonamides is 1. The lowest BCUT2D eigenvalue weighted by atomic mass is 9.97. The van der Waals surface area contributed by atoms with Crippen LogP contribution in [0.25, 0.3) is 0 Å². The van der Waals surface area contributed by atoms with Crippen molar-refractivity contribution in [2.24, 2.45) is 5.92 Å². The van der Waals surface area contributed by atoms with Crippen molar-refractivity contribution in [3.63, 3.8) is 0 Å². The number of anilines is 1. The first-order valence-electron chi connectivity index (χ1n) is 6.50. The summed E-state index contributed by atoms with van der Waals surface area (Å²) in [6.45, 7) is 3.32. The molecular weight excluding hydrogens is 328 g/mol. The Balaban J connectivity index is 2.34. The molecule has 1 aliphatic rings. The van der Waals surface area contributed by atoms with Crippen LogP contribution in [0.5, 0.6) is 0 Å². The number of nitrogen functional groups attached to an aromatic ring is 1. The van der Waals surface area contributed by atoms with Crippen molar-refractivity contribution >= 4 is 31.6 Å². The van der Waals surface area contributed by atoms with Crippen LogP contribution in [0.2, 0.25) is 0 Å². The molecule has 1 aromatic carbocycles. The molecule has 0 amide bonds. The molecule has 1 aliphatic heterocycles. The van der Waals surface area contributed by atoms with Crippen LogP contribution in [0.3, 0.4) is 0 Å². The molecular formula is C13H19BrN2O2S. The van der Waals surface area contributed by atoms with E-state index in [1.165, 1.54) is 6.07 Å². The fourth-order valence-corrected chi connectivity index (χ4v) is 4.95. The number of rotatable bonds is 3. The van der Waals surface area contributed by atoms with Gasteiger partial charge < -0.3 is 5.73 Å². The van der Waals surface area contributed by atoms with Crippen molar-refractivity contribution in [1.29, 1.82) is 0 Å². The number of halogens is 1. The maximum absolute atomic E-state index is 12.7. The molecule has 2 rings (SSSR count). The maximum atomic E-state index is 12.7. The van der Waals surface area contributed by atoms with Gasteiger partial charge in [-0.25, -0.2) is 8.42 Å². The van der Waals surface area contributed by atoms with Crippen LogP contribution in [0, 0.1) is 5.92 Å². The molecule has 0 bridgehead atoms. The van der Waals surface area contributed by atoms with Gasteiger partial charge in [-0.15, -0.1) is 0 Å². The van der Waals surface area contributed by atoms with Crippen LogP contribution in [0.4, 0.5) is 5.69 Å². The van der Waals surface area contributed by atoms with E-state index >= 15 is 0 Å². The Kier molecular flexibility index (Phi) is 4.53. The zero-order valence-electron chi connectivity index (χ0n) is 11.0. The van der Waals surface area contributed by atoms with Crippen molar-refractivity contribution in [3.8, 4) is 0 Å². The minimum Gasteiger partial charge on any atom is -0.399 e. The van der Waals surface area contributed by atoms with E-state index in [9.17, 15) is 8.42 Å². The molecule has 0 aliphatic carbocycles. The first-order valence-corrected chi connectivity index (χ1v) is 8.73. The lowest BCUT2D eigenvalue weighted by Gasteiger charge is -2.31. The molecule has 1 heterocycles. The Bertz CT molecular complexity index is 560. The van der Waals surface area contributed by atoms with Crippen LogP contribution in [-0.4, -0.2) is 25.8 Å². The van der Waals surface area contributed by atoms with E-state index in [1.807, 2.05) is 0 Å². The van der Waals surface area contributed by atoms with Crippen molar-refractivity contribution in [2.75, 3.05) is 18.8 Å². The number of hydrogen-bond donors (Lipinski definition) is 1. The monoisotopic (exact) mass is 346 g/mol. The van der Waals surface area contributed by atoms with Crippen LogP contribution in [0.15, 0.2) is 27.6 Å². The highest BCUT2D eigenvalue weighted by molar-refractivity contribution is 9.10. The van der Waals surface area contributed by atoms with Gasteiger partial charge in [-0.2, -0.15) is 4.31 Å². The van der Waals surface area contributed by atoms with E-state index in [0.717, 1.165) is 19.3 Å². The van der Waals surface area contributed by atoms with Gasteiger partial charge >= 0.3 is 0 Å². The molecule has 0 saturated carbocycles. The number of hydrogen-bond acceptors (Lipinski definition) is 3. The van der Waals surface area contributed by atoms with Gasteiger partial charge in [-0.1, -0.05) is 13.3 Å². The second-order valence-corrected chi connectivity index (χ2v) is 7.73. The van der Waals surface area contributed by atoms with Gasteiger partial charge in [0, 0.05) is 23.2 Å². The molecule has 1 fully saturated rings. The highest BCUT2D eigenvalue weighted by Crippen LogP contribution is 2.30. The number of nitrogens with zero attached hydrogens (tertiary/aromatic N) is 1. The Morgan fingerprint density at radius 3 is 2.89 bits per heavy atom. The van der Waals surface area contributed by atoms with Gasteiger partial charge in [0.1, 0.15) is 0 Å². The highest BCUT2D eigenvalue weighted by Gasteiger charge is 2.30. The van der Waals surface area contributed by atoms with Crippen LogP contribution in [0.1, 0.15) is 26.2 Å². The van der Waals surface area contributed by atoms with Crippen molar-refractivity contribution in [1.82, 2.24) is 4.31 Å².